The normalized spacial score (nSPS) is 13.1. The second-order valence-corrected chi connectivity index (χ2v) is 4.37. The molecule has 0 bridgehead atoms. The summed E-state index contributed by atoms with van der Waals surface area (Å²) in [5.74, 6) is 0. The first-order chi connectivity index (χ1) is 8.40. The summed E-state index contributed by atoms with van der Waals surface area (Å²) in [7, 11) is 0. The van der Waals surface area contributed by atoms with Crippen molar-refractivity contribution in [1.29, 1.82) is 0 Å². The van der Waals surface area contributed by atoms with Crippen LogP contribution in [0.25, 0.3) is 0 Å². The first-order valence-electron chi connectivity index (χ1n) is 6.03. The largest absolute Gasteiger partial charge is 0.340 e. The Hall–Kier alpha value is -1.80. The Morgan fingerprint density at radius 1 is 0.882 bits per heavy atom. The fourth-order valence-electron chi connectivity index (χ4n) is 2.55. The minimum atomic E-state index is 0.669. The number of fused-ring (bicyclic) bond motifs is 2. The maximum absolute atomic E-state index is 5.73. The van der Waals surface area contributed by atoms with Gasteiger partial charge in [0.2, 0.25) is 0 Å². The Kier molecular flexibility index (Phi) is 2.57. The fraction of sp³-hybridized carbons (Fsp3) is 0.200. The van der Waals surface area contributed by atoms with Gasteiger partial charge < -0.3 is 10.6 Å². The van der Waals surface area contributed by atoms with E-state index in [1.54, 1.807) is 0 Å². The molecule has 2 aromatic rings. The van der Waals surface area contributed by atoms with Crippen LogP contribution in [0.5, 0.6) is 0 Å². The summed E-state index contributed by atoms with van der Waals surface area (Å²) in [5.41, 5.74) is 11.1. The maximum Gasteiger partial charge on any atom is 0.0447 e. The van der Waals surface area contributed by atoms with E-state index >= 15 is 0 Å². The smallest absolute Gasteiger partial charge is 0.0447 e. The van der Waals surface area contributed by atoms with Gasteiger partial charge >= 0.3 is 0 Å². The van der Waals surface area contributed by atoms with E-state index in [1.807, 2.05) is 0 Å². The molecule has 0 fully saturated rings. The molecular weight excluding hydrogens is 208 g/mol. The molecule has 0 spiro atoms. The third kappa shape index (κ3) is 1.71. The van der Waals surface area contributed by atoms with E-state index < -0.39 is 0 Å². The SMILES string of the molecule is NCCN1c2ccccc2Cc2ccccc21. The molecule has 0 amide bonds. The standard InChI is InChI=1S/C15H16N2/c16-9-10-17-14-7-3-1-5-12(14)11-13-6-2-4-8-15(13)17/h1-8H,9-11,16H2. The van der Waals surface area contributed by atoms with Gasteiger partial charge in [-0.05, 0) is 23.3 Å². The molecule has 3 rings (SSSR count). The third-order valence-corrected chi connectivity index (χ3v) is 3.30. The molecule has 0 saturated carbocycles. The quantitative estimate of drug-likeness (QED) is 0.849. The van der Waals surface area contributed by atoms with Crippen LogP contribution in [0.4, 0.5) is 11.4 Å². The third-order valence-electron chi connectivity index (χ3n) is 3.30. The summed E-state index contributed by atoms with van der Waals surface area (Å²) in [6, 6.07) is 17.2. The van der Waals surface area contributed by atoms with Gasteiger partial charge in [-0.1, -0.05) is 36.4 Å². The first kappa shape index (κ1) is 10.4. The Bertz CT molecular complexity index is 488. The number of para-hydroxylation sites is 2. The number of benzene rings is 2. The van der Waals surface area contributed by atoms with Crippen molar-refractivity contribution in [2.45, 2.75) is 6.42 Å². The number of hydrogen-bond acceptors (Lipinski definition) is 2. The molecule has 1 aliphatic rings. The molecule has 2 heteroatoms. The van der Waals surface area contributed by atoms with E-state index in [1.165, 1.54) is 22.5 Å². The average molecular weight is 224 g/mol. The van der Waals surface area contributed by atoms with Crippen LogP contribution in [0.1, 0.15) is 11.1 Å². The molecule has 86 valence electrons. The summed E-state index contributed by atoms with van der Waals surface area (Å²) in [6.45, 7) is 1.54. The van der Waals surface area contributed by atoms with Crippen LogP contribution in [-0.2, 0) is 6.42 Å². The highest BCUT2D eigenvalue weighted by molar-refractivity contribution is 5.74. The van der Waals surface area contributed by atoms with Crippen molar-refractivity contribution in [2.24, 2.45) is 5.73 Å². The minimum Gasteiger partial charge on any atom is -0.340 e. The predicted molar refractivity (Wildman–Crippen MR) is 71.8 cm³/mol. The van der Waals surface area contributed by atoms with Gasteiger partial charge in [-0.15, -0.1) is 0 Å². The molecule has 0 radical (unpaired) electrons. The van der Waals surface area contributed by atoms with Gasteiger partial charge in [0.25, 0.3) is 0 Å². The van der Waals surface area contributed by atoms with Crippen molar-refractivity contribution >= 4 is 11.4 Å². The number of nitrogens with two attached hydrogens (primary N) is 1. The van der Waals surface area contributed by atoms with Crippen molar-refractivity contribution in [3.05, 3.63) is 59.7 Å². The molecule has 0 saturated heterocycles. The number of nitrogens with zero attached hydrogens (tertiary/aromatic N) is 1. The Morgan fingerprint density at radius 2 is 1.41 bits per heavy atom. The molecule has 1 heterocycles. The molecule has 2 aromatic carbocycles. The number of anilines is 2. The van der Waals surface area contributed by atoms with Gasteiger partial charge in [0.15, 0.2) is 0 Å². The molecule has 2 N–H and O–H groups in total. The van der Waals surface area contributed by atoms with E-state index in [0.29, 0.717) is 6.54 Å². The summed E-state index contributed by atoms with van der Waals surface area (Å²) in [4.78, 5) is 2.33. The molecule has 0 aromatic heterocycles. The molecular formula is C15H16N2. The van der Waals surface area contributed by atoms with Crippen LogP contribution < -0.4 is 10.6 Å². The second-order valence-electron chi connectivity index (χ2n) is 4.37. The number of rotatable bonds is 2. The van der Waals surface area contributed by atoms with Gasteiger partial charge in [-0.3, -0.25) is 0 Å². The lowest BCUT2D eigenvalue weighted by molar-refractivity contribution is 0.893. The molecule has 17 heavy (non-hydrogen) atoms. The van der Waals surface area contributed by atoms with E-state index in [2.05, 4.69) is 53.4 Å². The average Bonchev–Trinajstić information content (AvgIpc) is 2.39. The van der Waals surface area contributed by atoms with Crippen molar-refractivity contribution in [3.63, 3.8) is 0 Å². The van der Waals surface area contributed by atoms with Crippen LogP contribution in [0.15, 0.2) is 48.5 Å². The van der Waals surface area contributed by atoms with Crippen LogP contribution in [0.2, 0.25) is 0 Å². The highest BCUT2D eigenvalue weighted by Gasteiger charge is 2.20. The van der Waals surface area contributed by atoms with Crippen molar-refractivity contribution in [3.8, 4) is 0 Å². The van der Waals surface area contributed by atoms with Crippen molar-refractivity contribution < 1.29 is 0 Å². The predicted octanol–water partition coefficient (Wildman–Crippen LogP) is 2.69. The summed E-state index contributed by atoms with van der Waals surface area (Å²) in [6.07, 6.45) is 1.02. The van der Waals surface area contributed by atoms with Gasteiger partial charge in [-0.25, -0.2) is 0 Å². The molecule has 0 aliphatic carbocycles. The zero-order chi connectivity index (χ0) is 11.7. The van der Waals surface area contributed by atoms with Crippen LogP contribution in [-0.4, -0.2) is 13.1 Å². The fourth-order valence-corrected chi connectivity index (χ4v) is 2.55. The molecule has 1 aliphatic heterocycles. The lowest BCUT2D eigenvalue weighted by Crippen LogP contribution is -2.28. The molecule has 2 nitrogen and oxygen atoms in total. The zero-order valence-corrected chi connectivity index (χ0v) is 9.76. The lowest BCUT2D eigenvalue weighted by atomic mass is 9.96. The Labute approximate surface area is 102 Å². The second kappa shape index (κ2) is 4.22. The zero-order valence-electron chi connectivity index (χ0n) is 9.76. The first-order valence-corrected chi connectivity index (χ1v) is 6.03. The highest BCUT2D eigenvalue weighted by atomic mass is 15.1. The van der Waals surface area contributed by atoms with Gasteiger partial charge in [0.1, 0.15) is 0 Å². The molecule has 0 atom stereocenters. The maximum atomic E-state index is 5.73. The highest BCUT2D eigenvalue weighted by Crippen LogP contribution is 2.37. The van der Waals surface area contributed by atoms with E-state index in [0.717, 1.165) is 13.0 Å². The summed E-state index contributed by atoms with van der Waals surface area (Å²) >= 11 is 0. The van der Waals surface area contributed by atoms with Crippen molar-refractivity contribution in [1.82, 2.24) is 0 Å². The van der Waals surface area contributed by atoms with Crippen LogP contribution in [0.3, 0.4) is 0 Å². The topological polar surface area (TPSA) is 29.3 Å². The molecule has 0 unspecified atom stereocenters. The minimum absolute atomic E-state index is 0.669. The van der Waals surface area contributed by atoms with E-state index in [4.69, 9.17) is 5.73 Å². The van der Waals surface area contributed by atoms with Gasteiger partial charge in [-0.2, -0.15) is 0 Å². The summed E-state index contributed by atoms with van der Waals surface area (Å²) < 4.78 is 0. The van der Waals surface area contributed by atoms with E-state index in [-0.39, 0.29) is 0 Å². The Balaban J connectivity index is 2.13. The van der Waals surface area contributed by atoms with Crippen LogP contribution in [0, 0.1) is 0 Å². The van der Waals surface area contributed by atoms with E-state index in [9.17, 15) is 0 Å². The van der Waals surface area contributed by atoms with Gasteiger partial charge in [0, 0.05) is 30.9 Å². The van der Waals surface area contributed by atoms with Crippen LogP contribution >= 0.6 is 0 Å². The monoisotopic (exact) mass is 224 g/mol. The van der Waals surface area contributed by atoms with Gasteiger partial charge in [0.05, 0.1) is 0 Å². The summed E-state index contributed by atoms with van der Waals surface area (Å²) in [5, 5.41) is 0. The van der Waals surface area contributed by atoms with Crippen molar-refractivity contribution in [2.75, 3.05) is 18.0 Å². The lowest BCUT2D eigenvalue weighted by Gasteiger charge is -2.33. The Morgan fingerprint density at radius 3 is 1.94 bits per heavy atom. The number of hydrogen-bond donors (Lipinski definition) is 1.